The molecule has 0 spiro atoms. The van der Waals surface area contributed by atoms with E-state index in [0.717, 1.165) is 20.8 Å². The third-order valence-electron chi connectivity index (χ3n) is 2.94. The maximum absolute atomic E-state index is 7.67. The van der Waals surface area contributed by atoms with Crippen LogP contribution in [0.5, 0.6) is 0 Å². The summed E-state index contributed by atoms with van der Waals surface area (Å²) in [7, 11) is 0. The van der Waals surface area contributed by atoms with Crippen molar-refractivity contribution < 1.29 is 0 Å². The second-order valence-corrected chi connectivity index (χ2v) is 5.82. The second kappa shape index (κ2) is 5.71. The lowest BCUT2D eigenvalue weighted by Gasteiger charge is -2.09. The Hall–Kier alpha value is -2.11. The van der Waals surface area contributed by atoms with Crippen LogP contribution in [-0.4, -0.2) is 15.8 Å². The SMILES string of the molecule is N=C(N)c1cc(Cl)ccc1Sc1ncnc2ccccc12. The Labute approximate surface area is 130 Å². The number of nitrogen functional groups attached to an aromatic ring is 1. The molecule has 0 saturated heterocycles. The van der Waals surface area contributed by atoms with Crippen LogP contribution in [0.3, 0.4) is 0 Å². The monoisotopic (exact) mass is 314 g/mol. The van der Waals surface area contributed by atoms with Crippen LogP contribution in [0.4, 0.5) is 0 Å². The Morgan fingerprint density at radius 2 is 1.95 bits per heavy atom. The van der Waals surface area contributed by atoms with Crippen LogP contribution < -0.4 is 5.73 Å². The van der Waals surface area contributed by atoms with Gasteiger partial charge in [-0.05, 0) is 24.3 Å². The van der Waals surface area contributed by atoms with E-state index in [4.69, 9.17) is 22.7 Å². The number of rotatable bonds is 3. The molecule has 0 saturated carbocycles. The fourth-order valence-electron chi connectivity index (χ4n) is 1.97. The standard InChI is InChI=1S/C15H11ClN4S/c16-9-5-6-13(11(7-9)14(17)18)21-15-10-3-1-2-4-12(10)19-8-20-15/h1-8H,(H3,17,18). The van der Waals surface area contributed by atoms with Crippen molar-refractivity contribution in [3.05, 3.63) is 59.4 Å². The molecule has 3 aromatic rings. The number of para-hydroxylation sites is 1. The van der Waals surface area contributed by atoms with Gasteiger partial charge in [0, 0.05) is 20.9 Å². The van der Waals surface area contributed by atoms with Crippen LogP contribution in [0.15, 0.2) is 58.7 Å². The first-order chi connectivity index (χ1) is 10.1. The van der Waals surface area contributed by atoms with Crippen LogP contribution in [0.2, 0.25) is 5.02 Å². The average Bonchev–Trinajstić information content (AvgIpc) is 2.49. The minimum absolute atomic E-state index is 0.0154. The minimum atomic E-state index is -0.0154. The molecule has 0 aliphatic rings. The highest BCUT2D eigenvalue weighted by Gasteiger charge is 2.11. The summed E-state index contributed by atoms with van der Waals surface area (Å²) in [4.78, 5) is 9.42. The minimum Gasteiger partial charge on any atom is -0.384 e. The number of benzene rings is 2. The van der Waals surface area contributed by atoms with E-state index in [1.807, 2.05) is 30.3 Å². The molecule has 0 radical (unpaired) electrons. The summed E-state index contributed by atoms with van der Waals surface area (Å²) in [5, 5.41) is 10.0. The Morgan fingerprint density at radius 1 is 1.14 bits per heavy atom. The molecule has 0 unspecified atom stereocenters. The van der Waals surface area contributed by atoms with Crippen molar-refractivity contribution >= 4 is 40.1 Å². The molecule has 0 aliphatic heterocycles. The van der Waals surface area contributed by atoms with Crippen molar-refractivity contribution in [2.24, 2.45) is 5.73 Å². The van der Waals surface area contributed by atoms with Gasteiger partial charge in [0.05, 0.1) is 5.52 Å². The van der Waals surface area contributed by atoms with Crippen molar-refractivity contribution in [3.8, 4) is 0 Å². The van der Waals surface area contributed by atoms with Crippen LogP contribution in [0.25, 0.3) is 10.9 Å². The first-order valence-corrected chi connectivity index (χ1v) is 7.36. The average molecular weight is 315 g/mol. The highest BCUT2D eigenvalue weighted by molar-refractivity contribution is 7.99. The molecule has 104 valence electrons. The first-order valence-electron chi connectivity index (χ1n) is 6.16. The van der Waals surface area contributed by atoms with Gasteiger partial charge in [-0.3, -0.25) is 5.41 Å². The molecule has 4 nitrogen and oxygen atoms in total. The molecule has 21 heavy (non-hydrogen) atoms. The lowest BCUT2D eigenvalue weighted by molar-refractivity contribution is 1.10. The van der Waals surface area contributed by atoms with Crippen LogP contribution in [-0.2, 0) is 0 Å². The van der Waals surface area contributed by atoms with Crippen molar-refractivity contribution in [3.63, 3.8) is 0 Å². The number of nitrogens with one attached hydrogen (secondary N) is 1. The molecule has 3 rings (SSSR count). The van der Waals surface area contributed by atoms with Crippen LogP contribution in [0, 0.1) is 5.41 Å². The van der Waals surface area contributed by atoms with Gasteiger partial charge in [0.1, 0.15) is 17.2 Å². The van der Waals surface area contributed by atoms with Crippen molar-refractivity contribution in [2.45, 2.75) is 9.92 Å². The van der Waals surface area contributed by atoms with E-state index >= 15 is 0 Å². The molecule has 1 aromatic heterocycles. The third kappa shape index (κ3) is 2.84. The van der Waals surface area contributed by atoms with E-state index in [9.17, 15) is 0 Å². The number of nitrogens with two attached hydrogens (primary N) is 1. The molecule has 0 aliphatic carbocycles. The van der Waals surface area contributed by atoms with Gasteiger partial charge in [-0.25, -0.2) is 9.97 Å². The summed E-state index contributed by atoms with van der Waals surface area (Å²) in [6, 6.07) is 13.1. The third-order valence-corrected chi connectivity index (χ3v) is 4.27. The number of hydrogen-bond donors (Lipinski definition) is 2. The summed E-state index contributed by atoms with van der Waals surface area (Å²) in [5.74, 6) is -0.0154. The van der Waals surface area contributed by atoms with E-state index in [-0.39, 0.29) is 5.84 Å². The number of aromatic nitrogens is 2. The number of amidine groups is 1. The molecular formula is C15H11ClN4S. The molecular weight excluding hydrogens is 304 g/mol. The van der Waals surface area contributed by atoms with E-state index in [2.05, 4.69) is 9.97 Å². The molecule has 0 amide bonds. The molecule has 0 atom stereocenters. The highest BCUT2D eigenvalue weighted by atomic mass is 35.5. The van der Waals surface area contributed by atoms with E-state index < -0.39 is 0 Å². The Kier molecular flexibility index (Phi) is 3.77. The zero-order valence-electron chi connectivity index (χ0n) is 10.9. The smallest absolute Gasteiger partial charge is 0.123 e. The van der Waals surface area contributed by atoms with Crippen molar-refractivity contribution in [1.82, 2.24) is 9.97 Å². The predicted octanol–water partition coefficient (Wildman–Crippen LogP) is 3.72. The fraction of sp³-hybridized carbons (Fsp3) is 0. The van der Waals surface area contributed by atoms with Crippen LogP contribution >= 0.6 is 23.4 Å². The second-order valence-electron chi connectivity index (χ2n) is 4.35. The molecule has 2 aromatic carbocycles. The van der Waals surface area contributed by atoms with Crippen molar-refractivity contribution in [2.75, 3.05) is 0 Å². The lowest BCUT2D eigenvalue weighted by Crippen LogP contribution is -2.12. The molecule has 1 heterocycles. The van der Waals surface area contributed by atoms with Gasteiger partial charge in [0.2, 0.25) is 0 Å². The topological polar surface area (TPSA) is 75.7 Å². The number of halogens is 1. The summed E-state index contributed by atoms with van der Waals surface area (Å²) in [6.45, 7) is 0. The van der Waals surface area contributed by atoms with Gasteiger partial charge in [0.25, 0.3) is 0 Å². The summed E-state index contributed by atoms with van der Waals surface area (Å²) < 4.78 is 0. The Morgan fingerprint density at radius 3 is 2.76 bits per heavy atom. The maximum atomic E-state index is 7.67. The van der Waals surface area contributed by atoms with E-state index in [1.54, 1.807) is 12.1 Å². The lowest BCUT2D eigenvalue weighted by atomic mass is 10.2. The van der Waals surface area contributed by atoms with Gasteiger partial charge >= 0.3 is 0 Å². The maximum Gasteiger partial charge on any atom is 0.123 e. The van der Waals surface area contributed by atoms with Gasteiger partial charge in [-0.15, -0.1) is 0 Å². The first kappa shape index (κ1) is 13.9. The molecule has 3 N–H and O–H groups in total. The Bertz CT molecular complexity index is 830. The van der Waals surface area contributed by atoms with Gasteiger partial charge < -0.3 is 5.73 Å². The highest BCUT2D eigenvalue weighted by Crippen LogP contribution is 2.34. The summed E-state index contributed by atoms with van der Waals surface area (Å²) in [6.07, 6.45) is 1.54. The van der Waals surface area contributed by atoms with Crippen LogP contribution in [0.1, 0.15) is 5.56 Å². The zero-order valence-corrected chi connectivity index (χ0v) is 12.4. The Balaban J connectivity index is 2.09. The molecule has 0 fully saturated rings. The van der Waals surface area contributed by atoms with Gasteiger partial charge in [-0.1, -0.05) is 41.6 Å². The normalized spacial score (nSPS) is 10.7. The molecule has 6 heteroatoms. The van der Waals surface area contributed by atoms with E-state index in [1.165, 1.54) is 18.1 Å². The summed E-state index contributed by atoms with van der Waals surface area (Å²) in [5.41, 5.74) is 7.12. The number of nitrogens with zero attached hydrogens (tertiary/aromatic N) is 2. The van der Waals surface area contributed by atoms with Gasteiger partial charge in [0.15, 0.2) is 0 Å². The van der Waals surface area contributed by atoms with Crippen molar-refractivity contribution in [1.29, 1.82) is 5.41 Å². The largest absolute Gasteiger partial charge is 0.384 e. The predicted molar refractivity (Wildman–Crippen MR) is 86.1 cm³/mol. The molecule has 0 bridgehead atoms. The van der Waals surface area contributed by atoms with E-state index in [0.29, 0.717) is 10.6 Å². The summed E-state index contributed by atoms with van der Waals surface area (Å²) >= 11 is 7.42. The zero-order chi connectivity index (χ0) is 14.8. The number of hydrogen-bond acceptors (Lipinski definition) is 4. The quantitative estimate of drug-likeness (QED) is 0.439. The number of fused-ring (bicyclic) bond motifs is 1. The fourth-order valence-corrected chi connectivity index (χ4v) is 3.15. The van der Waals surface area contributed by atoms with Gasteiger partial charge in [-0.2, -0.15) is 0 Å².